The van der Waals surface area contributed by atoms with Gasteiger partial charge in [-0.2, -0.15) is 0 Å². The van der Waals surface area contributed by atoms with Crippen molar-refractivity contribution < 1.29 is 19.0 Å². The molecular weight excluding hydrogens is 294 g/mol. The van der Waals surface area contributed by atoms with E-state index in [1.807, 2.05) is 48.5 Å². The maximum atomic E-state index is 11.7. The molecule has 2 N–H and O–H groups in total. The molecule has 1 unspecified atom stereocenters. The van der Waals surface area contributed by atoms with Crippen molar-refractivity contribution >= 4 is 5.97 Å². The van der Waals surface area contributed by atoms with E-state index in [0.717, 1.165) is 11.3 Å². The maximum absolute atomic E-state index is 11.7. The van der Waals surface area contributed by atoms with Crippen LogP contribution < -0.4 is 15.2 Å². The van der Waals surface area contributed by atoms with E-state index >= 15 is 0 Å². The molecule has 0 amide bonds. The summed E-state index contributed by atoms with van der Waals surface area (Å²) in [5, 5.41) is 0. The van der Waals surface area contributed by atoms with E-state index in [1.54, 1.807) is 14.0 Å². The Morgan fingerprint density at radius 1 is 1.09 bits per heavy atom. The molecule has 0 aliphatic heterocycles. The van der Waals surface area contributed by atoms with Crippen LogP contribution in [-0.4, -0.2) is 25.7 Å². The summed E-state index contributed by atoms with van der Waals surface area (Å²) in [5.74, 6) is 1.70. The molecule has 0 spiro atoms. The van der Waals surface area contributed by atoms with Gasteiger partial charge in [0.2, 0.25) is 0 Å². The summed E-state index contributed by atoms with van der Waals surface area (Å²) in [6, 6.07) is 14.1. The first-order valence-corrected chi connectivity index (χ1v) is 7.46. The van der Waals surface area contributed by atoms with Gasteiger partial charge in [0, 0.05) is 6.42 Å². The lowest BCUT2D eigenvalue weighted by Crippen LogP contribution is -2.34. The number of esters is 1. The van der Waals surface area contributed by atoms with Gasteiger partial charge in [0.15, 0.2) is 0 Å². The molecule has 0 aliphatic carbocycles. The van der Waals surface area contributed by atoms with Crippen LogP contribution in [0.15, 0.2) is 48.5 Å². The molecule has 122 valence electrons. The normalized spacial score (nSPS) is 11.6. The van der Waals surface area contributed by atoms with E-state index in [-0.39, 0.29) is 0 Å². The minimum absolute atomic E-state index is 0.316. The average molecular weight is 315 g/mol. The van der Waals surface area contributed by atoms with Gasteiger partial charge in [-0.05, 0) is 42.8 Å². The Hall–Kier alpha value is -2.53. The van der Waals surface area contributed by atoms with Crippen LogP contribution in [0.3, 0.4) is 0 Å². The van der Waals surface area contributed by atoms with Crippen LogP contribution in [0.5, 0.6) is 17.2 Å². The molecule has 0 bridgehead atoms. The van der Waals surface area contributed by atoms with Crippen molar-refractivity contribution in [1.82, 2.24) is 0 Å². The van der Waals surface area contributed by atoms with Crippen molar-refractivity contribution in [2.75, 3.05) is 13.7 Å². The fraction of sp³-hybridized carbons (Fsp3) is 0.278. The molecule has 0 radical (unpaired) electrons. The van der Waals surface area contributed by atoms with E-state index in [9.17, 15) is 4.79 Å². The van der Waals surface area contributed by atoms with Crippen molar-refractivity contribution in [2.24, 2.45) is 5.73 Å². The summed E-state index contributed by atoms with van der Waals surface area (Å²) in [4.78, 5) is 11.7. The lowest BCUT2D eigenvalue weighted by molar-refractivity contribution is -0.144. The Balaban J connectivity index is 2.11. The minimum atomic E-state index is -0.712. The first kappa shape index (κ1) is 16.8. The molecule has 5 heteroatoms. The van der Waals surface area contributed by atoms with Gasteiger partial charge in [0.25, 0.3) is 0 Å². The summed E-state index contributed by atoms with van der Waals surface area (Å²) in [5.41, 5.74) is 6.74. The summed E-state index contributed by atoms with van der Waals surface area (Å²) in [6.07, 6.45) is 0.352. The highest BCUT2D eigenvalue weighted by Gasteiger charge is 2.17. The Kier molecular flexibility index (Phi) is 6.00. The van der Waals surface area contributed by atoms with Gasteiger partial charge >= 0.3 is 5.97 Å². The summed E-state index contributed by atoms with van der Waals surface area (Å²) in [7, 11) is 1.61. The number of methoxy groups -OCH3 is 1. The Bertz CT molecular complexity index is 640. The molecule has 0 aromatic heterocycles. The number of hydrogen-bond acceptors (Lipinski definition) is 5. The smallest absolute Gasteiger partial charge is 0.323 e. The number of rotatable bonds is 7. The Labute approximate surface area is 136 Å². The zero-order chi connectivity index (χ0) is 16.7. The van der Waals surface area contributed by atoms with Crippen molar-refractivity contribution in [1.29, 1.82) is 0 Å². The lowest BCUT2D eigenvalue weighted by atomic mass is 10.1. The molecule has 0 aliphatic rings. The molecule has 0 fully saturated rings. The van der Waals surface area contributed by atoms with Gasteiger partial charge in [0.05, 0.1) is 13.7 Å². The molecule has 23 heavy (non-hydrogen) atoms. The van der Waals surface area contributed by atoms with Crippen LogP contribution >= 0.6 is 0 Å². The van der Waals surface area contributed by atoms with E-state index < -0.39 is 12.0 Å². The second kappa shape index (κ2) is 8.19. The van der Waals surface area contributed by atoms with E-state index in [4.69, 9.17) is 19.9 Å². The number of para-hydroxylation sites is 1. The van der Waals surface area contributed by atoms with Crippen LogP contribution in [0.25, 0.3) is 0 Å². The number of carbonyl (C=O) groups is 1. The third-order valence-electron chi connectivity index (χ3n) is 3.29. The van der Waals surface area contributed by atoms with Crippen LogP contribution in [0, 0.1) is 0 Å². The summed E-state index contributed by atoms with van der Waals surface area (Å²) < 4.78 is 15.9. The molecule has 2 rings (SSSR count). The van der Waals surface area contributed by atoms with Gasteiger partial charge in [-0.3, -0.25) is 4.79 Å². The zero-order valence-corrected chi connectivity index (χ0v) is 13.3. The molecular formula is C18H21NO4. The van der Waals surface area contributed by atoms with E-state index in [2.05, 4.69) is 0 Å². The number of benzene rings is 2. The first-order valence-electron chi connectivity index (χ1n) is 7.46. The van der Waals surface area contributed by atoms with Gasteiger partial charge in [-0.25, -0.2) is 0 Å². The molecule has 5 nitrogen and oxygen atoms in total. The van der Waals surface area contributed by atoms with Gasteiger partial charge in [-0.15, -0.1) is 0 Å². The van der Waals surface area contributed by atoms with Crippen molar-refractivity contribution in [3.8, 4) is 17.2 Å². The molecule has 2 aromatic rings. The summed E-state index contributed by atoms with van der Waals surface area (Å²) in [6.45, 7) is 2.07. The standard InChI is InChI=1S/C18H21NO4/c1-3-22-18(20)16(19)12-13-6-4-5-7-17(13)23-15-10-8-14(21-2)9-11-15/h4-11,16H,3,12,19H2,1-2H3. The monoisotopic (exact) mass is 315 g/mol. The Morgan fingerprint density at radius 2 is 1.74 bits per heavy atom. The predicted octanol–water partition coefficient (Wildman–Crippen LogP) is 2.92. The van der Waals surface area contributed by atoms with Crippen LogP contribution in [0.4, 0.5) is 0 Å². The molecule has 2 aromatic carbocycles. The fourth-order valence-electron chi connectivity index (χ4n) is 2.11. The van der Waals surface area contributed by atoms with Gasteiger partial charge < -0.3 is 19.9 Å². The molecule has 0 heterocycles. The van der Waals surface area contributed by atoms with E-state index in [0.29, 0.717) is 24.5 Å². The first-order chi connectivity index (χ1) is 11.1. The van der Waals surface area contributed by atoms with Crippen molar-refractivity contribution in [3.63, 3.8) is 0 Å². The molecule has 0 saturated heterocycles. The van der Waals surface area contributed by atoms with Crippen molar-refractivity contribution in [2.45, 2.75) is 19.4 Å². The van der Waals surface area contributed by atoms with Gasteiger partial charge in [0.1, 0.15) is 23.3 Å². The second-order valence-corrected chi connectivity index (χ2v) is 4.95. The zero-order valence-electron chi connectivity index (χ0n) is 13.3. The van der Waals surface area contributed by atoms with Crippen molar-refractivity contribution in [3.05, 3.63) is 54.1 Å². The largest absolute Gasteiger partial charge is 0.497 e. The van der Waals surface area contributed by atoms with Crippen LogP contribution in [0.2, 0.25) is 0 Å². The van der Waals surface area contributed by atoms with Gasteiger partial charge in [-0.1, -0.05) is 18.2 Å². The second-order valence-electron chi connectivity index (χ2n) is 4.95. The third-order valence-corrected chi connectivity index (χ3v) is 3.29. The van der Waals surface area contributed by atoms with E-state index in [1.165, 1.54) is 0 Å². The fourth-order valence-corrected chi connectivity index (χ4v) is 2.11. The quantitative estimate of drug-likeness (QED) is 0.796. The number of hydrogen-bond donors (Lipinski definition) is 1. The summed E-state index contributed by atoms with van der Waals surface area (Å²) >= 11 is 0. The highest BCUT2D eigenvalue weighted by atomic mass is 16.5. The molecule has 0 saturated carbocycles. The maximum Gasteiger partial charge on any atom is 0.323 e. The number of nitrogens with two attached hydrogens (primary N) is 1. The Morgan fingerprint density at radius 3 is 2.39 bits per heavy atom. The predicted molar refractivity (Wildman–Crippen MR) is 87.8 cm³/mol. The highest BCUT2D eigenvalue weighted by molar-refractivity contribution is 5.76. The lowest BCUT2D eigenvalue weighted by Gasteiger charge is -2.14. The average Bonchev–Trinajstić information content (AvgIpc) is 2.57. The van der Waals surface area contributed by atoms with Crippen LogP contribution in [-0.2, 0) is 16.0 Å². The third kappa shape index (κ3) is 4.72. The number of carbonyl (C=O) groups excluding carboxylic acids is 1. The van der Waals surface area contributed by atoms with Crippen LogP contribution in [0.1, 0.15) is 12.5 Å². The number of ether oxygens (including phenoxy) is 3. The highest BCUT2D eigenvalue weighted by Crippen LogP contribution is 2.27. The molecule has 1 atom stereocenters. The minimum Gasteiger partial charge on any atom is -0.497 e. The topological polar surface area (TPSA) is 70.8 Å². The SMILES string of the molecule is CCOC(=O)C(N)Cc1ccccc1Oc1ccc(OC)cc1.